The molecule has 0 spiro atoms. The van der Waals surface area contributed by atoms with Crippen LogP contribution in [0, 0.1) is 0 Å². The van der Waals surface area contributed by atoms with Gasteiger partial charge in [0.15, 0.2) is 0 Å². The number of anilines is 2. The van der Waals surface area contributed by atoms with Crippen LogP contribution in [0.15, 0.2) is 60.7 Å². The van der Waals surface area contributed by atoms with Crippen LogP contribution in [-0.4, -0.2) is 72.2 Å². The van der Waals surface area contributed by atoms with Crippen molar-refractivity contribution in [1.82, 2.24) is 19.9 Å². The lowest BCUT2D eigenvalue weighted by Gasteiger charge is -2.19. The first-order chi connectivity index (χ1) is 22.1. The van der Waals surface area contributed by atoms with Crippen LogP contribution >= 0.6 is 0 Å². The summed E-state index contributed by atoms with van der Waals surface area (Å²) in [6, 6.07) is 18.8. The Morgan fingerprint density at radius 3 is 2.02 bits per heavy atom. The highest BCUT2D eigenvalue weighted by atomic mass is 16.5. The fourth-order valence-electron chi connectivity index (χ4n) is 4.39. The summed E-state index contributed by atoms with van der Waals surface area (Å²) in [7, 11) is 3.24. The average Bonchev–Trinajstić information content (AvgIpc) is 3.07. The number of methoxy groups -OCH3 is 2. The number of carbonyl (C=O) groups is 2. The topological polar surface area (TPSA) is 171 Å². The summed E-state index contributed by atoms with van der Waals surface area (Å²) in [5.74, 6) is 0.931. The second-order valence-electron chi connectivity index (χ2n) is 10.6. The van der Waals surface area contributed by atoms with Crippen LogP contribution in [0.5, 0.6) is 5.75 Å². The summed E-state index contributed by atoms with van der Waals surface area (Å²) in [4.78, 5) is 42.5. The van der Waals surface area contributed by atoms with Crippen LogP contribution in [0.1, 0.15) is 66.6 Å². The predicted octanol–water partition coefficient (Wildman–Crippen LogP) is 4.91. The summed E-state index contributed by atoms with van der Waals surface area (Å²) in [5.41, 5.74) is 15.5. The van der Waals surface area contributed by atoms with Gasteiger partial charge >= 0.3 is 0 Å². The van der Waals surface area contributed by atoms with E-state index in [1.165, 1.54) is 5.56 Å². The highest BCUT2D eigenvalue weighted by molar-refractivity contribution is 5.92. The number of nitrogens with two attached hydrogens (primary N) is 2. The number of nitrogens with one attached hydrogen (secondary N) is 1. The van der Waals surface area contributed by atoms with Gasteiger partial charge in [0.1, 0.15) is 17.1 Å². The molecule has 0 fully saturated rings. The molecule has 0 unspecified atom stereocenters. The molecule has 2 aromatic heterocycles. The van der Waals surface area contributed by atoms with Crippen molar-refractivity contribution in [2.24, 2.45) is 11.5 Å². The third-order valence-corrected chi connectivity index (χ3v) is 7.04. The molecule has 244 valence electrons. The molecule has 5 N–H and O–H groups in total. The van der Waals surface area contributed by atoms with Crippen LogP contribution in [0.4, 0.5) is 11.9 Å². The van der Waals surface area contributed by atoms with Crippen molar-refractivity contribution in [3.63, 3.8) is 0 Å². The molecular formula is C34H44N8O4. The summed E-state index contributed by atoms with van der Waals surface area (Å²) in [6.45, 7) is 11.2. The molecule has 0 aliphatic rings. The molecule has 4 aromatic rings. The van der Waals surface area contributed by atoms with Gasteiger partial charge in [-0.2, -0.15) is 0 Å². The van der Waals surface area contributed by atoms with E-state index >= 15 is 0 Å². The lowest BCUT2D eigenvalue weighted by atomic mass is 10.0. The van der Waals surface area contributed by atoms with E-state index in [9.17, 15) is 9.59 Å². The van der Waals surface area contributed by atoms with Crippen molar-refractivity contribution < 1.29 is 19.1 Å². The van der Waals surface area contributed by atoms with E-state index in [2.05, 4.69) is 51.2 Å². The fraction of sp³-hybridized carbons (Fsp3) is 0.353. The number of benzene rings is 2. The minimum atomic E-state index is -0.600. The van der Waals surface area contributed by atoms with Gasteiger partial charge in [-0.05, 0) is 56.0 Å². The van der Waals surface area contributed by atoms with E-state index in [4.69, 9.17) is 20.9 Å². The van der Waals surface area contributed by atoms with Crippen LogP contribution in [0.3, 0.4) is 0 Å². The Bertz CT molecular complexity index is 1590. The van der Waals surface area contributed by atoms with Gasteiger partial charge in [0.05, 0.1) is 18.5 Å². The van der Waals surface area contributed by atoms with E-state index in [0.29, 0.717) is 48.1 Å². The van der Waals surface area contributed by atoms with Crippen molar-refractivity contribution in [1.29, 1.82) is 0 Å². The fourth-order valence-corrected chi connectivity index (χ4v) is 4.39. The van der Waals surface area contributed by atoms with Gasteiger partial charge in [0.2, 0.25) is 11.9 Å². The molecule has 0 saturated heterocycles. The largest absolute Gasteiger partial charge is 0.497 e. The molecule has 0 saturated carbocycles. The highest BCUT2D eigenvalue weighted by Gasteiger charge is 2.14. The highest BCUT2D eigenvalue weighted by Crippen LogP contribution is 2.25. The maximum absolute atomic E-state index is 11.6. The third-order valence-electron chi connectivity index (χ3n) is 7.04. The Labute approximate surface area is 270 Å². The van der Waals surface area contributed by atoms with Gasteiger partial charge in [0.25, 0.3) is 11.8 Å². The first-order valence-corrected chi connectivity index (χ1v) is 15.2. The Morgan fingerprint density at radius 1 is 0.826 bits per heavy atom. The number of primary amides is 2. The molecule has 2 heterocycles. The first kappa shape index (κ1) is 35.4. The zero-order valence-electron chi connectivity index (χ0n) is 27.4. The van der Waals surface area contributed by atoms with Crippen molar-refractivity contribution in [3.05, 3.63) is 77.6 Å². The van der Waals surface area contributed by atoms with Crippen LogP contribution in [-0.2, 0) is 4.74 Å². The molecule has 0 aliphatic heterocycles. The average molecular weight is 629 g/mol. The quantitative estimate of drug-likeness (QED) is 0.163. The summed E-state index contributed by atoms with van der Waals surface area (Å²) in [5, 5.41) is 3.07. The first-order valence-electron chi connectivity index (χ1n) is 15.2. The van der Waals surface area contributed by atoms with Crippen LogP contribution in [0.25, 0.3) is 22.5 Å². The number of aromatic nitrogens is 4. The molecule has 46 heavy (non-hydrogen) atoms. The lowest BCUT2D eigenvalue weighted by Crippen LogP contribution is -2.26. The summed E-state index contributed by atoms with van der Waals surface area (Å²) in [6.07, 6.45) is 0.801. The SMILES string of the molecule is CCN(CC)c1nc(C(N)=O)cc(-c2ccc(C(C)C)cc2)n1.COCCCNc1nc(C(N)=O)cc(-c2cccc(OC)c2)n1. The second kappa shape index (κ2) is 17.4. The minimum absolute atomic E-state index is 0.159. The van der Waals surface area contributed by atoms with Gasteiger partial charge < -0.3 is 31.2 Å². The maximum Gasteiger partial charge on any atom is 0.267 e. The number of hydrogen-bond acceptors (Lipinski definition) is 10. The van der Waals surface area contributed by atoms with Crippen LogP contribution in [0.2, 0.25) is 0 Å². The Hall–Kier alpha value is -5.10. The molecule has 12 nitrogen and oxygen atoms in total. The molecule has 0 radical (unpaired) electrons. The lowest BCUT2D eigenvalue weighted by molar-refractivity contribution is 0.0987. The number of amides is 2. The Kier molecular flexibility index (Phi) is 13.4. The van der Waals surface area contributed by atoms with Crippen LogP contribution < -0.4 is 26.4 Å². The monoisotopic (exact) mass is 628 g/mol. The van der Waals surface area contributed by atoms with Crippen molar-refractivity contribution in [3.8, 4) is 28.3 Å². The molecule has 4 rings (SSSR count). The zero-order valence-corrected chi connectivity index (χ0v) is 27.4. The zero-order chi connectivity index (χ0) is 33.6. The van der Waals surface area contributed by atoms with E-state index in [1.807, 2.05) is 55.1 Å². The molecular weight excluding hydrogens is 584 g/mol. The van der Waals surface area contributed by atoms with E-state index in [1.54, 1.807) is 26.4 Å². The normalized spacial score (nSPS) is 10.6. The van der Waals surface area contributed by atoms with Crippen molar-refractivity contribution >= 4 is 23.7 Å². The maximum atomic E-state index is 11.6. The van der Waals surface area contributed by atoms with Crippen molar-refractivity contribution in [2.45, 2.75) is 40.0 Å². The second-order valence-corrected chi connectivity index (χ2v) is 10.6. The number of hydrogen-bond donors (Lipinski definition) is 3. The smallest absolute Gasteiger partial charge is 0.267 e. The minimum Gasteiger partial charge on any atom is -0.497 e. The van der Waals surface area contributed by atoms with Gasteiger partial charge in [-0.3, -0.25) is 9.59 Å². The standard InChI is InChI=1S/C18H24N4O.C16H20N4O3/c1-5-22(6-2)18-20-15(11-16(21-18)17(19)23)14-9-7-13(8-10-14)12(3)4;1-22-8-4-7-18-16-19-13(10-14(20-16)15(17)21)11-5-3-6-12(9-11)23-2/h7-12H,5-6H2,1-4H3,(H2,19,23);3,5-6,9-10H,4,7-8H2,1-2H3,(H2,17,21)(H,18,19,20). The summed E-state index contributed by atoms with van der Waals surface area (Å²) >= 11 is 0. The molecule has 0 bridgehead atoms. The molecule has 0 atom stereocenters. The molecule has 12 heteroatoms. The van der Waals surface area contributed by atoms with Gasteiger partial charge in [-0.25, -0.2) is 19.9 Å². The number of carbonyl (C=O) groups excluding carboxylic acids is 2. The predicted molar refractivity (Wildman–Crippen MR) is 181 cm³/mol. The van der Waals surface area contributed by atoms with Gasteiger partial charge in [0, 0.05) is 44.5 Å². The Morgan fingerprint density at radius 2 is 1.46 bits per heavy atom. The molecule has 2 amide bonds. The Balaban J connectivity index is 0.000000250. The van der Waals surface area contributed by atoms with Gasteiger partial charge in [-0.15, -0.1) is 0 Å². The van der Waals surface area contributed by atoms with E-state index in [-0.39, 0.29) is 11.4 Å². The number of ether oxygens (including phenoxy) is 2. The summed E-state index contributed by atoms with van der Waals surface area (Å²) < 4.78 is 10.2. The van der Waals surface area contributed by atoms with E-state index < -0.39 is 11.8 Å². The third kappa shape index (κ3) is 9.96. The van der Waals surface area contributed by atoms with Gasteiger partial charge in [-0.1, -0.05) is 50.2 Å². The number of rotatable bonds is 14. The van der Waals surface area contributed by atoms with Crippen molar-refractivity contribution in [2.75, 3.05) is 50.7 Å². The number of nitrogens with zero attached hydrogens (tertiary/aromatic N) is 5. The van der Waals surface area contributed by atoms with E-state index in [0.717, 1.165) is 30.6 Å². The molecule has 2 aromatic carbocycles. The molecule has 0 aliphatic carbocycles.